The Morgan fingerprint density at radius 1 is 1.33 bits per heavy atom. The third-order valence-corrected chi connectivity index (χ3v) is 3.46. The van der Waals surface area contributed by atoms with Gasteiger partial charge in [0.05, 0.1) is 5.92 Å². The van der Waals surface area contributed by atoms with E-state index in [2.05, 4.69) is 4.90 Å². The van der Waals surface area contributed by atoms with Gasteiger partial charge in [-0.1, -0.05) is 26.0 Å². The smallest absolute Gasteiger partial charge is 0.309 e. The first kappa shape index (κ1) is 19.6. The molecule has 6 heteroatoms. The van der Waals surface area contributed by atoms with Gasteiger partial charge in [-0.05, 0) is 36.0 Å². The monoisotopic (exact) mass is 333 g/mol. The summed E-state index contributed by atoms with van der Waals surface area (Å²) in [6.07, 6.45) is 4.75. The second-order valence-corrected chi connectivity index (χ2v) is 5.29. The van der Waals surface area contributed by atoms with Gasteiger partial charge in [0.2, 0.25) is 0 Å². The summed E-state index contributed by atoms with van der Waals surface area (Å²) in [5.41, 5.74) is 12.7. The number of nitrogens with two attached hydrogens (primary N) is 2. The molecule has 0 aliphatic carbocycles. The quantitative estimate of drug-likeness (QED) is 0.659. The van der Waals surface area contributed by atoms with Gasteiger partial charge in [0, 0.05) is 25.3 Å². The maximum atomic E-state index is 10.7. The summed E-state index contributed by atoms with van der Waals surface area (Å²) in [4.78, 5) is 12.9. The van der Waals surface area contributed by atoms with E-state index in [1.807, 2.05) is 38.1 Å². The van der Waals surface area contributed by atoms with E-state index in [-0.39, 0.29) is 5.92 Å². The van der Waals surface area contributed by atoms with Gasteiger partial charge in [-0.2, -0.15) is 0 Å². The first-order valence-corrected chi connectivity index (χ1v) is 8.08. The largest absolute Gasteiger partial charge is 0.487 e. The van der Waals surface area contributed by atoms with Crippen LogP contribution in [0.5, 0.6) is 5.75 Å². The first-order valence-electron chi connectivity index (χ1n) is 8.08. The molecule has 1 aliphatic heterocycles. The van der Waals surface area contributed by atoms with Crippen LogP contribution < -0.4 is 16.2 Å². The minimum absolute atomic E-state index is 0.222. The standard InChI is InChI=1S/C16H21N3O3.C2H6/c17-7-1-2-14(18)11-22-15-5-3-12(4-6-15)8-19-9-13(10-19)16(20)21;1-2/h1-7,13H,8-11,17-18H2,(H,20,21);1-2H3/b7-1-,14-2-;. The SMILES string of the molecule is CC.N/C=C\C=C(/N)COc1ccc(CN2CC(C(=O)O)C2)cc1. The van der Waals surface area contributed by atoms with Crippen molar-refractivity contribution in [2.24, 2.45) is 17.4 Å². The van der Waals surface area contributed by atoms with Crippen molar-refractivity contribution in [1.82, 2.24) is 4.90 Å². The van der Waals surface area contributed by atoms with Crippen LogP contribution >= 0.6 is 0 Å². The molecule has 1 heterocycles. The van der Waals surface area contributed by atoms with Crippen LogP contribution in [0.15, 0.2) is 48.3 Å². The summed E-state index contributed by atoms with van der Waals surface area (Å²) in [6.45, 7) is 6.29. The number of carboxylic acid groups (broad SMARTS) is 1. The fourth-order valence-electron chi connectivity index (χ4n) is 2.20. The van der Waals surface area contributed by atoms with Crippen molar-refractivity contribution in [1.29, 1.82) is 0 Å². The Morgan fingerprint density at radius 2 is 1.96 bits per heavy atom. The molecular weight excluding hydrogens is 306 g/mol. The molecule has 1 aromatic rings. The molecule has 0 unspecified atom stereocenters. The normalized spacial score (nSPS) is 15.5. The first-order chi connectivity index (χ1) is 11.6. The number of hydrogen-bond acceptors (Lipinski definition) is 5. The Labute approximate surface area is 143 Å². The fourth-order valence-corrected chi connectivity index (χ4v) is 2.20. The van der Waals surface area contributed by atoms with Gasteiger partial charge in [0.1, 0.15) is 12.4 Å². The van der Waals surface area contributed by atoms with E-state index in [0.717, 1.165) is 17.9 Å². The minimum atomic E-state index is -0.713. The molecule has 0 spiro atoms. The van der Waals surface area contributed by atoms with Crippen molar-refractivity contribution in [3.05, 3.63) is 53.9 Å². The number of hydrogen-bond donors (Lipinski definition) is 3. The molecular formula is C18H27N3O3. The van der Waals surface area contributed by atoms with E-state index in [1.54, 1.807) is 12.2 Å². The summed E-state index contributed by atoms with van der Waals surface area (Å²) in [5, 5.41) is 8.84. The van der Waals surface area contributed by atoms with Crippen LogP contribution in [-0.2, 0) is 11.3 Å². The van der Waals surface area contributed by atoms with Crippen LogP contribution in [0.2, 0.25) is 0 Å². The Bertz CT molecular complexity index is 561. The maximum Gasteiger partial charge on any atom is 0.309 e. The highest BCUT2D eigenvalue weighted by Gasteiger charge is 2.31. The van der Waals surface area contributed by atoms with Crippen LogP contribution in [0.3, 0.4) is 0 Å². The Kier molecular flexibility index (Phi) is 8.43. The average molecular weight is 333 g/mol. The number of nitrogens with zero attached hydrogens (tertiary/aromatic N) is 1. The zero-order chi connectivity index (χ0) is 17.9. The third kappa shape index (κ3) is 6.34. The Hall–Kier alpha value is -2.47. The topological polar surface area (TPSA) is 102 Å². The molecule has 132 valence electrons. The summed E-state index contributed by atoms with van der Waals surface area (Å²) >= 11 is 0. The van der Waals surface area contributed by atoms with E-state index in [4.69, 9.17) is 21.3 Å². The Morgan fingerprint density at radius 3 is 2.50 bits per heavy atom. The maximum absolute atomic E-state index is 10.7. The lowest BCUT2D eigenvalue weighted by Crippen LogP contribution is -2.49. The lowest BCUT2D eigenvalue weighted by Gasteiger charge is -2.36. The van der Waals surface area contributed by atoms with E-state index in [9.17, 15) is 4.79 Å². The van der Waals surface area contributed by atoms with E-state index < -0.39 is 5.97 Å². The second-order valence-electron chi connectivity index (χ2n) is 5.29. The third-order valence-electron chi connectivity index (χ3n) is 3.46. The van der Waals surface area contributed by atoms with Crippen molar-refractivity contribution in [3.63, 3.8) is 0 Å². The van der Waals surface area contributed by atoms with Crippen molar-refractivity contribution in [3.8, 4) is 5.75 Å². The molecule has 0 bridgehead atoms. The lowest BCUT2D eigenvalue weighted by molar-refractivity contribution is -0.147. The Balaban J connectivity index is 0.00000139. The average Bonchev–Trinajstić information content (AvgIpc) is 2.56. The van der Waals surface area contributed by atoms with Crippen LogP contribution in [-0.4, -0.2) is 35.7 Å². The molecule has 1 aromatic carbocycles. The van der Waals surface area contributed by atoms with Gasteiger partial charge < -0.3 is 21.3 Å². The number of carboxylic acids is 1. The van der Waals surface area contributed by atoms with Gasteiger partial charge in [-0.15, -0.1) is 0 Å². The van der Waals surface area contributed by atoms with Crippen LogP contribution in [0.25, 0.3) is 0 Å². The molecule has 0 amide bonds. The van der Waals surface area contributed by atoms with Crippen LogP contribution in [0.1, 0.15) is 19.4 Å². The number of rotatable bonds is 7. The molecule has 24 heavy (non-hydrogen) atoms. The van der Waals surface area contributed by atoms with Gasteiger partial charge >= 0.3 is 5.97 Å². The van der Waals surface area contributed by atoms with E-state index in [0.29, 0.717) is 25.4 Å². The van der Waals surface area contributed by atoms with Gasteiger partial charge in [-0.3, -0.25) is 9.69 Å². The fraction of sp³-hybridized carbons (Fsp3) is 0.389. The number of aliphatic carboxylic acids is 1. The van der Waals surface area contributed by atoms with Crippen molar-refractivity contribution in [2.75, 3.05) is 19.7 Å². The van der Waals surface area contributed by atoms with Crippen LogP contribution in [0, 0.1) is 5.92 Å². The number of carbonyl (C=O) groups is 1. The highest BCUT2D eigenvalue weighted by atomic mass is 16.5. The summed E-state index contributed by atoms with van der Waals surface area (Å²) in [5.74, 6) is -0.195. The molecule has 2 rings (SSSR count). The van der Waals surface area contributed by atoms with E-state index in [1.165, 1.54) is 6.20 Å². The van der Waals surface area contributed by atoms with Crippen molar-refractivity contribution < 1.29 is 14.6 Å². The zero-order valence-corrected chi connectivity index (χ0v) is 14.3. The summed E-state index contributed by atoms with van der Waals surface area (Å²) in [7, 11) is 0. The zero-order valence-electron chi connectivity index (χ0n) is 14.3. The second kappa shape index (κ2) is 10.3. The summed E-state index contributed by atoms with van der Waals surface area (Å²) < 4.78 is 5.55. The number of ether oxygens (including phenoxy) is 1. The molecule has 1 fully saturated rings. The highest BCUT2D eigenvalue weighted by Crippen LogP contribution is 2.20. The van der Waals surface area contributed by atoms with Gasteiger partial charge in [-0.25, -0.2) is 0 Å². The highest BCUT2D eigenvalue weighted by molar-refractivity contribution is 5.71. The van der Waals surface area contributed by atoms with E-state index >= 15 is 0 Å². The van der Waals surface area contributed by atoms with Crippen molar-refractivity contribution >= 4 is 5.97 Å². The number of likely N-dealkylation sites (tertiary alicyclic amines) is 1. The van der Waals surface area contributed by atoms with Gasteiger partial charge in [0.25, 0.3) is 0 Å². The van der Waals surface area contributed by atoms with Gasteiger partial charge in [0.15, 0.2) is 0 Å². The summed E-state index contributed by atoms with van der Waals surface area (Å²) in [6, 6.07) is 7.72. The molecule has 1 aliphatic rings. The minimum Gasteiger partial charge on any atom is -0.487 e. The molecule has 5 N–H and O–H groups in total. The van der Waals surface area contributed by atoms with Crippen LogP contribution in [0.4, 0.5) is 0 Å². The predicted octanol–water partition coefficient (Wildman–Crippen LogP) is 1.92. The number of benzene rings is 1. The molecule has 0 radical (unpaired) electrons. The molecule has 0 atom stereocenters. The molecule has 0 saturated carbocycles. The molecule has 0 aromatic heterocycles. The number of allylic oxidation sites excluding steroid dienone is 2. The lowest BCUT2D eigenvalue weighted by atomic mass is 10.00. The molecule has 6 nitrogen and oxygen atoms in total. The predicted molar refractivity (Wildman–Crippen MR) is 95.3 cm³/mol. The molecule has 1 saturated heterocycles. The van der Waals surface area contributed by atoms with Crippen molar-refractivity contribution in [2.45, 2.75) is 20.4 Å².